The fourth-order valence-electron chi connectivity index (χ4n) is 3.75. The lowest BCUT2D eigenvalue weighted by Gasteiger charge is -2.43. The lowest BCUT2D eigenvalue weighted by molar-refractivity contribution is -0.383. The standard InChI is InChI=1S/C18H23N3O3/c1-18(2,3)14-7-9-20(11-17(14)22)15-4-5-16(21(23)24)13-10-19-8-6-12(13)15/h4-6,8,10,14,17,22H,7,9,11H2,1-3H3/t14-,17+/m1/s1. The summed E-state index contributed by atoms with van der Waals surface area (Å²) in [7, 11) is 0. The number of nitro benzene ring substituents is 1. The first kappa shape index (κ1) is 16.6. The largest absolute Gasteiger partial charge is 0.391 e. The molecule has 0 amide bonds. The Balaban J connectivity index is 1.97. The van der Waals surface area contributed by atoms with E-state index < -0.39 is 6.10 Å². The van der Waals surface area contributed by atoms with Crippen LogP contribution in [0.25, 0.3) is 10.8 Å². The van der Waals surface area contributed by atoms with Crippen molar-refractivity contribution in [1.29, 1.82) is 0 Å². The van der Waals surface area contributed by atoms with E-state index in [9.17, 15) is 15.2 Å². The van der Waals surface area contributed by atoms with Crippen molar-refractivity contribution in [3.8, 4) is 0 Å². The third-order valence-electron chi connectivity index (χ3n) is 5.00. The topological polar surface area (TPSA) is 79.5 Å². The van der Waals surface area contributed by atoms with Crippen LogP contribution in [0.15, 0.2) is 30.6 Å². The highest BCUT2D eigenvalue weighted by Gasteiger charge is 2.36. The van der Waals surface area contributed by atoms with Gasteiger partial charge in [-0.1, -0.05) is 20.8 Å². The number of nitro groups is 1. The fourth-order valence-corrected chi connectivity index (χ4v) is 3.75. The van der Waals surface area contributed by atoms with Crippen molar-refractivity contribution < 1.29 is 10.0 Å². The summed E-state index contributed by atoms with van der Waals surface area (Å²) in [5, 5.41) is 23.2. The molecule has 24 heavy (non-hydrogen) atoms. The first-order chi connectivity index (χ1) is 11.3. The summed E-state index contributed by atoms with van der Waals surface area (Å²) in [6, 6.07) is 5.12. The van der Waals surface area contributed by atoms with Gasteiger partial charge in [-0.2, -0.15) is 0 Å². The molecule has 2 aromatic rings. The number of aromatic nitrogens is 1. The van der Waals surface area contributed by atoms with E-state index in [1.54, 1.807) is 18.3 Å². The number of aliphatic hydroxyl groups is 1. The van der Waals surface area contributed by atoms with Crippen LogP contribution < -0.4 is 4.90 Å². The molecule has 0 spiro atoms. The molecule has 1 fully saturated rings. The van der Waals surface area contributed by atoms with Crippen LogP contribution in [-0.2, 0) is 0 Å². The third-order valence-corrected chi connectivity index (χ3v) is 5.00. The molecule has 6 heteroatoms. The Morgan fingerprint density at radius 1 is 1.29 bits per heavy atom. The summed E-state index contributed by atoms with van der Waals surface area (Å²) < 4.78 is 0. The third kappa shape index (κ3) is 2.94. The number of piperidine rings is 1. The van der Waals surface area contributed by atoms with Crippen molar-refractivity contribution in [3.63, 3.8) is 0 Å². The van der Waals surface area contributed by atoms with Crippen LogP contribution in [0.4, 0.5) is 11.4 Å². The quantitative estimate of drug-likeness (QED) is 0.675. The van der Waals surface area contributed by atoms with E-state index in [-0.39, 0.29) is 21.9 Å². The number of pyridine rings is 1. The maximum absolute atomic E-state index is 11.2. The van der Waals surface area contributed by atoms with Crippen LogP contribution in [0.3, 0.4) is 0 Å². The molecule has 1 N–H and O–H groups in total. The van der Waals surface area contributed by atoms with Crippen molar-refractivity contribution in [2.75, 3.05) is 18.0 Å². The minimum atomic E-state index is -0.411. The molecule has 6 nitrogen and oxygen atoms in total. The number of β-amino-alcohol motifs (C(OH)–C–C–N with tert-alkyl or cyclic N) is 1. The van der Waals surface area contributed by atoms with E-state index in [4.69, 9.17) is 0 Å². The summed E-state index contributed by atoms with van der Waals surface area (Å²) in [4.78, 5) is 17.0. The van der Waals surface area contributed by atoms with E-state index in [2.05, 4.69) is 30.7 Å². The number of benzene rings is 1. The molecular formula is C18H23N3O3. The molecule has 128 valence electrons. The van der Waals surface area contributed by atoms with E-state index in [1.165, 1.54) is 12.3 Å². The number of non-ortho nitro benzene ring substituents is 1. The number of anilines is 1. The summed E-state index contributed by atoms with van der Waals surface area (Å²) in [5.41, 5.74) is 1.05. The Kier molecular flexibility index (Phi) is 4.17. The fraction of sp³-hybridized carbons (Fsp3) is 0.500. The second-order valence-corrected chi connectivity index (χ2v) is 7.56. The zero-order valence-electron chi connectivity index (χ0n) is 14.3. The maximum atomic E-state index is 11.2. The van der Waals surface area contributed by atoms with Crippen molar-refractivity contribution in [2.45, 2.75) is 33.3 Å². The van der Waals surface area contributed by atoms with E-state index >= 15 is 0 Å². The van der Waals surface area contributed by atoms with Crippen molar-refractivity contribution in [2.24, 2.45) is 11.3 Å². The highest BCUT2D eigenvalue weighted by atomic mass is 16.6. The van der Waals surface area contributed by atoms with Crippen molar-refractivity contribution in [3.05, 3.63) is 40.7 Å². The van der Waals surface area contributed by atoms with Crippen LogP contribution in [0, 0.1) is 21.4 Å². The highest BCUT2D eigenvalue weighted by Crippen LogP contribution is 2.38. The van der Waals surface area contributed by atoms with Crippen molar-refractivity contribution >= 4 is 22.1 Å². The lowest BCUT2D eigenvalue weighted by atomic mass is 9.73. The number of aliphatic hydroxyl groups excluding tert-OH is 1. The first-order valence-electron chi connectivity index (χ1n) is 8.23. The predicted molar refractivity (Wildman–Crippen MR) is 94.2 cm³/mol. The van der Waals surface area contributed by atoms with Gasteiger partial charge in [-0.25, -0.2) is 0 Å². The van der Waals surface area contributed by atoms with Crippen LogP contribution in [0.2, 0.25) is 0 Å². The Bertz CT molecular complexity index is 770. The van der Waals surface area contributed by atoms with Gasteiger partial charge in [-0.3, -0.25) is 15.1 Å². The van der Waals surface area contributed by atoms with Gasteiger partial charge < -0.3 is 10.0 Å². The highest BCUT2D eigenvalue weighted by molar-refractivity contribution is 5.99. The summed E-state index contributed by atoms with van der Waals surface area (Å²) in [6.07, 6.45) is 3.67. The first-order valence-corrected chi connectivity index (χ1v) is 8.23. The number of rotatable bonds is 2. The zero-order chi connectivity index (χ0) is 17.5. The molecule has 1 aromatic heterocycles. The summed E-state index contributed by atoms with van der Waals surface area (Å²) >= 11 is 0. The van der Waals surface area contributed by atoms with Crippen LogP contribution in [0.1, 0.15) is 27.2 Å². The summed E-state index contributed by atoms with van der Waals surface area (Å²) in [6.45, 7) is 7.84. The van der Waals surface area contributed by atoms with E-state index in [1.807, 2.05) is 0 Å². The second kappa shape index (κ2) is 6.02. The molecule has 1 saturated heterocycles. The average Bonchev–Trinajstić information content (AvgIpc) is 2.52. The Morgan fingerprint density at radius 2 is 2.04 bits per heavy atom. The molecule has 0 aliphatic carbocycles. The Morgan fingerprint density at radius 3 is 2.67 bits per heavy atom. The molecule has 1 aliphatic heterocycles. The van der Waals surface area contributed by atoms with Gasteiger partial charge in [0.05, 0.1) is 16.4 Å². The minimum absolute atomic E-state index is 0.0620. The maximum Gasteiger partial charge on any atom is 0.278 e. The predicted octanol–water partition coefficient (Wildman–Crippen LogP) is 3.38. The van der Waals surface area contributed by atoms with Gasteiger partial charge in [0.15, 0.2) is 0 Å². The number of fused-ring (bicyclic) bond motifs is 1. The zero-order valence-corrected chi connectivity index (χ0v) is 14.3. The summed E-state index contributed by atoms with van der Waals surface area (Å²) in [5.74, 6) is 0.250. The number of hydrogen-bond donors (Lipinski definition) is 1. The van der Waals surface area contributed by atoms with Gasteiger partial charge in [-0.15, -0.1) is 0 Å². The molecule has 1 aromatic carbocycles. The van der Waals surface area contributed by atoms with Gasteiger partial charge in [0, 0.05) is 42.6 Å². The molecular weight excluding hydrogens is 306 g/mol. The SMILES string of the molecule is CC(C)(C)[C@@H]1CCN(c2ccc([N+](=O)[O-])c3cnccc23)C[C@@H]1O. The Hall–Kier alpha value is -2.21. The van der Waals surface area contributed by atoms with E-state index in [0.29, 0.717) is 11.9 Å². The molecule has 2 heterocycles. The number of hydrogen-bond acceptors (Lipinski definition) is 5. The van der Waals surface area contributed by atoms with Gasteiger partial charge in [-0.05, 0) is 29.9 Å². The molecule has 0 saturated carbocycles. The monoisotopic (exact) mass is 329 g/mol. The smallest absolute Gasteiger partial charge is 0.278 e. The minimum Gasteiger partial charge on any atom is -0.391 e. The molecule has 2 atom stereocenters. The molecule has 1 aliphatic rings. The normalized spacial score (nSPS) is 21.9. The Labute approximate surface area is 141 Å². The van der Waals surface area contributed by atoms with Gasteiger partial charge in [0.2, 0.25) is 0 Å². The second-order valence-electron chi connectivity index (χ2n) is 7.56. The average molecular weight is 329 g/mol. The van der Waals surface area contributed by atoms with Crippen LogP contribution >= 0.6 is 0 Å². The lowest BCUT2D eigenvalue weighted by Crippen LogP contribution is -2.48. The molecule has 3 rings (SSSR count). The van der Waals surface area contributed by atoms with Crippen LogP contribution in [0.5, 0.6) is 0 Å². The van der Waals surface area contributed by atoms with Gasteiger partial charge >= 0.3 is 0 Å². The van der Waals surface area contributed by atoms with Crippen LogP contribution in [-0.4, -0.2) is 34.2 Å². The van der Waals surface area contributed by atoms with Crippen molar-refractivity contribution in [1.82, 2.24) is 4.98 Å². The molecule has 0 bridgehead atoms. The van der Waals surface area contributed by atoms with E-state index in [0.717, 1.165) is 24.0 Å². The number of nitrogens with zero attached hydrogens (tertiary/aromatic N) is 3. The van der Waals surface area contributed by atoms with Gasteiger partial charge in [0.25, 0.3) is 5.69 Å². The van der Waals surface area contributed by atoms with Gasteiger partial charge in [0.1, 0.15) is 0 Å². The molecule has 0 unspecified atom stereocenters. The molecule has 0 radical (unpaired) electrons.